The van der Waals surface area contributed by atoms with E-state index in [0.29, 0.717) is 9.34 Å². The number of fused-ring (bicyclic) bond motifs is 7. The van der Waals surface area contributed by atoms with Gasteiger partial charge < -0.3 is 0 Å². The standard InChI is InChI=1S/C19H19O.ClH.Hg/c1-18-12-17(13-8-4-5-9-14(13)18)19(2,20-3)16-11-7-6-10-15(16)18;;/h4-12,17H,1-3H3;1H;/q;;+1/p-1. The Balaban J connectivity index is 2.14. The fourth-order valence-electron chi connectivity index (χ4n) is 5.03. The summed E-state index contributed by atoms with van der Waals surface area (Å²) in [7, 11) is 8.56. The molecule has 0 fully saturated rings. The van der Waals surface area contributed by atoms with Gasteiger partial charge in [0.15, 0.2) is 0 Å². The van der Waals surface area contributed by atoms with Crippen LogP contribution >= 0.6 is 8.25 Å². The Labute approximate surface area is 147 Å². The second-order valence-corrected chi connectivity index (χ2v) is 14.2. The van der Waals surface area contributed by atoms with Gasteiger partial charge in [-0.1, -0.05) is 0 Å². The molecule has 1 nitrogen and oxygen atoms in total. The topological polar surface area (TPSA) is 9.23 Å². The van der Waals surface area contributed by atoms with Crippen LogP contribution < -0.4 is 0 Å². The minimum absolute atomic E-state index is 0.0686. The molecule has 4 atom stereocenters. The van der Waals surface area contributed by atoms with Gasteiger partial charge in [0.05, 0.1) is 0 Å². The molecule has 0 N–H and O–H groups in total. The van der Waals surface area contributed by atoms with Crippen molar-refractivity contribution in [1.29, 1.82) is 0 Å². The molecule has 2 aromatic rings. The molecule has 0 aliphatic heterocycles. The third-order valence-corrected chi connectivity index (χ3v) is 15.4. The molecule has 0 heterocycles. The summed E-state index contributed by atoms with van der Waals surface area (Å²) in [6.45, 7) is 4.67. The number of ether oxygens (including phenoxy) is 1. The van der Waals surface area contributed by atoms with Crippen LogP contribution in [0.5, 0.6) is 0 Å². The number of rotatable bonds is 2. The van der Waals surface area contributed by atoms with Crippen LogP contribution in [0.4, 0.5) is 0 Å². The summed E-state index contributed by atoms with van der Waals surface area (Å²) < 4.78 is 6.72. The van der Waals surface area contributed by atoms with E-state index in [1.807, 2.05) is 7.11 Å². The first-order valence-corrected chi connectivity index (χ1v) is 17.8. The Kier molecular flexibility index (Phi) is 3.49. The number of hydrogen-bond donors (Lipinski definition) is 0. The van der Waals surface area contributed by atoms with Crippen molar-refractivity contribution in [3.63, 3.8) is 0 Å². The summed E-state index contributed by atoms with van der Waals surface area (Å²) in [4.78, 5) is 0. The SMILES string of the molecule is COC1(C)c2ccccc2C2(C)c3ccccc3C1[CH]2[Hg][Cl]. The monoisotopic (exact) mass is 500 g/mol. The molecular weight excluding hydrogens is 480 g/mol. The van der Waals surface area contributed by atoms with Crippen LogP contribution in [0.3, 0.4) is 0 Å². The first-order chi connectivity index (χ1) is 10.6. The molecule has 0 saturated carbocycles. The predicted molar refractivity (Wildman–Crippen MR) is 86.0 cm³/mol. The Morgan fingerprint density at radius 1 is 0.955 bits per heavy atom. The van der Waals surface area contributed by atoms with Crippen molar-refractivity contribution in [2.75, 3.05) is 7.11 Å². The second kappa shape index (κ2) is 5.06. The second-order valence-electron chi connectivity index (χ2n) is 6.88. The fourth-order valence-corrected chi connectivity index (χ4v) is 15.6. The average Bonchev–Trinajstić information content (AvgIpc) is 2.80. The van der Waals surface area contributed by atoms with Gasteiger partial charge in [-0.15, -0.1) is 0 Å². The van der Waals surface area contributed by atoms with Crippen LogP contribution in [0.15, 0.2) is 48.5 Å². The van der Waals surface area contributed by atoms with Crippen LogP contribution in [0.2, 0.25) is 3.43 Å². The summed E-state index contributed by atoms with van der Waals surface area (Å²) in [5.41, 5.74) is 5.49. The van der Waals surface area contributed by atoms with Gasteiger partial charge in [0, 0.05) is 0 Å². The zero-order chi connectivity index (χ0) is 15.5. The summed E-state index contributed by atoms with van der Waals surface area (Å²) in [5.74, 6) is 0.396. The van der Waals surface area contributed by atoms with Crippen molar-refractivity contribution in [2.45, 2.75) is 34.2 Å². The average molecular weight is 499 g/mol. The van der Waals surface area contributed by atoms with Gasteiger partial charge in [0.1, 0.15) is 0 Å². The zero-order valence-electron chi connectivity index (χ0n) is 13.3. The van der Waals surface area contributed by atoms with Crippen LogP contribution in [-0.4, -0.2) is 7.11 Å². The summed E-state index contributed by atoms with van der Waals surface area (Å²) in [6, 6.07) is 17.8. The van der Waals surface area contributed by atoms with Crippen molar-refractivity contribution in [1.82, 2.24) is 0 Å². The number of halogens is 1. The molecule has 22 heavy (non-hydrogen) atoms. The van der Waals surface area contributed by atoms with Crippen molar-refractivity contribution in [3.8, 4) is 0 Å². The van der Waals surface area contributed by atoms with Gasteiger partial charge in [-0.2, -0.15) is 0 Å². The molecule has 4 rings (SSSR count). The molecule has 0 radical (unpaired) electrons. The van der Waals surface area contributed by atoms with Gasteiger partial charge in [0.25, 0.3) is 0 Å². The molecule has 4 unspecified atom stereocenters. The fraction of sp³-hybridized carbons (Fsp3) is 0.368. The van der Waals surface area contributed by atoms with E-state index in [1.54, 1.807) is 0 Å². The van der Waals surface area contributed by atoms with Crippen LogP contribution in [0.25, 0.3) is 0 Å². The maximum absolute atomic E-state index is 6.71. The van der Waals surface area contributed by atoms with Gasteiger partial charge in [-0.25, -0.2) is 0 Å². The van der Waals surface area contributed by atoms with E-state index in [4.69, 9.17) is 13.0 Å². The molecule has 0 aromatic heterocycles. The molecule has 0 amide bonds. The molecule has 2 aliphatic carbocycles. The van der Waals surface area contributed by atoms with Crippen molar-refractivity contribution in [3.05, 3.63) is 70.8 Å². The quantitative estimate of drug-likeness (QED) is 0.530. The van der Waals surface area contributed by atoms with Crippen LogP contribution in [0, 0.1) is 0 Å². The zero-order valence-corrected chi connectivity index (χ0v) is 19.5. The summed E-state index contributed by atoms with van der Waals surface area (Å²) in [6.07, 6.45) is 0. The first-order valence-electron chi connectivity index (χ1n) is 7.89. The molecule has 3 heteroatoms. The van der Waals surface area contributed by atoms with Crippen LogP contribution in [0.1, 0.15) is 42.0 Å². The summed E-state index contributed by atoms with van der Waals surface area (Å²) in [5, 5.41) is 0. The third kappa shape index (κ3) is 1.63. The molecule has 110 valence electrons. The van der Waals surface area contributed by atoms with Gasteiger partial charge in [-0.3, -0.25) is 0 Å². The summed E-state index contributed by atoms with van der Waals surface area (Å²) >= 11 is -1.52. The molecule has 2 aromatic carbocycles. The molecule has 2 bridgehead atoms. The Morgan fingerprint density at radius 2 is 1.55 bits per heavy atom. The van der Waals surface area contributed by atoms with E-state index in [0.717, 1.165) is 0 Å². The Hall–Kier alpha value is -0.375. The Morgan fingerprint density at radius 3 is 2.18 bits per heavy atom. The van der Waals surface area contributed by atoms with E-state index in [-0.39, 0.29) is 11.0 Å². The first kappa shape index (κ1) is 15.2. The van der Waals surface area contributed by atoms with Gasteiger partial charge >= 0.3 is 148 Å². The van der Waals surface area contributed by atoms with E-state index in [1.165, 1.54) is 22.3 Å². The van der Waals surface area contributed by atoms with Crippen molar-refractivity contribution in [2.24, 2.45) is 0 Å². The van der Waals surface area contributed by atoms with E-state index in [9.17, 15) is 0 Å². The van der Waals surface area contributed by atoms with Crippen molar-refractivity contribution < 1.29 is 28.1 Å². The normalized spacial score (nSPS) is 34.7. The third-order valence-electron chi connectivity index (χ3n) is 6.20. The van der Waals surface area contributed by atoms with Crippen molar-refractivity contribution >= 4 is 8.25 Å². The predicted octanol–water partition coefficient (Wildman–Crippen LogP) is 4.99. The van der Waals surface area contributed by atoms with E-state index >= 15 is 0 Å². The maximum atomic E-state index is 6.71. The molecule has 0 spiro atoms. The Bertz CT molecular complexity index is 746. The van der Waals surface area contributed by atoms with Gasteiger partial charge in [0.2, 0.25) is 0 Å². The number of hydrogen-bond acceptors (Lipinski definition) is 1. The van der Waals surface area contributed by atoms with Gasteiger partial charge in [-0.05, 0) is 0 Å². The molecule has 0 saturated heterocycles. The number of methoxy groups -OCH3 is 1. The molecule has 2 aliphatic rings. The minimum atomic E-state index is -1.52. The van der Waals surface area contributed by atoms with E-state index in [2.05, 4.69) is 62.4 Å². The van der Waals surface area contributed by atoms with Crippen LogP contribution in [-0.2, 0) is 39.1 Å². The molecular formula is C19H19ClHgO. The van der Waals surface area contributed by atoms with E-state index < -0.39 is 23.3 Å². The number of benzene rings is 2.